The van der Waals surface area contributed by atoms with Gasteiger partial charge in [-0.2, -0.15) is 0 Å². The highest BCUT2D eigenvalue weighted by Gasteiger charge is 2.32. The van der Waals surface area contributed by atoms with Crippen molar-refractivity contribution in [1.29, 1.82) is 0 Å². The molecule has 2 aliphatic rings. The summed E-state index contributed by atoms with van der Waals surface area (Å²) in [7, 11) is 0. The fourth-order valence-corrected chi connectivity index (χ4v) is 4.83. The van der Waals surface area contributed by atoms with Crippen molar-refractivity contribution in [3.63, 3.8) is 0 Å². The number of halogens is 1. The number of thioether (sulfide) groups is 1. The second-order valence-electron chi connectivity index (χ2n) is 7.56. The molecule has 2 N–H and O–H groups in total. The Labute approximate surface area is 190 Å². The highest BCUT2D eigenvalue weighted by molar-refractivity contribution is 8.01. The van der Waals surface area contributed by atoms with Crippen LogP contribution in [0.1, 0.15) is 12.0 Å². The average molecular weight is 459 g/mol. The van der Waals surface area contributed by atoms with Crippen LogP contribution in [0.3, 0.4) is 0 Å². The van der Waals surface area contributed by atoms with Gasteiger partial charge in [-0.1, -0.05) is 29.8 Å². The summed E-state index contributed by atoms with van der Waals surface area (Å²) in [6.45, 7) is 3.65. The van der Waals surface area contributed by atoms with Gasteiger partial charge in [0.2, 0.25) is 11.8 Å². The van der Waals surface area contributed by atoms with Crippen LogP contribution >= 0.6 is 23.4 Å². The number of hydrogen-bond acceptors (Lipinski definition) is 4. The van der Waals surface area contributed by atoms with E-state index in [9.17, 15) is 14.4 Å². The number of nitrogens with one attached hydrogen (secondary N) is 2. The molecular weight excluding hydrogens is 436 g/mol. The number of carbonyl (C=O) groups excluding carboxylic acids is 3. The Morgan fingerprint density at radius 2 is 1.84 bits per heavy atom. The molecule has 4 amide bonds. The van der Waals surface area contributed by atoms with E-state index in [1.165, 1.54) is 11.8 Å². The molecule has 31 heavy (non-hydrogen) atoms. The van der Waals surface area contributed by atoms with Gasteiger partial charge in [-0.25, -0.2) is 4.79 Å². The van der Waals surface area contributed by atoms with Gasteiger partial charge in [0.15, 0.2) is 0 Å². The molecule has 0 saturated carbocycles. The molecular formula is C22H23ClN4O3S. The lowest BCUT2D eigenvalue weighted by molar-refractivity contribution is -0.133. The molecule has 162 valence electrons. The number of carbonyl (C=O) groups is 3. The number of nitrogens with zero attached hydrogens (tertiary/aromatic N) is 2. The summed E-state index contributed by atoms with van der Waals surface area (Å²) < 4.78 is 0. The molecule has 1 unspecified atom stereocenters. The first kappa shape index (κ1) is 21.5. The number of hydrogen-bond donors (Lipinski definition) is 2. The van der Waals surface area contributed by atoms with E-state index in [0.29, 0.717) is 36.9 Å². The van der Waals surface area contributed by atoms with Crippen LogP contribution in [-0.2, 0) is 9.59 Å². The summed E-state index contributed by atoms with van der Waals surface area (Å²) in [6.07, 6.45) is 0.138. The van der Waals surface area contributed by atoms with Crippen LogP contribution in [0.2, 0.25) is 5.02 Å². The van der Waals surface area contributed by atoms with E-state index in [2.05, 4.69) is 10.6 Å². The van der Waals surface area contributed by atoms with Crippen molar-refractivity contribution >= 4 is 52.6 Å². The van der Waals surface area contributed by atoms with E-state index in [-0.39, 0.29) is 24.3 Å². The molecule has 0 aromatic heterocycles. The predicted octanol–water partition coefficient (Wildman–Crippen LogP) is 3.83. The number of fused-ring (bicyclic) bond motifs is 1. The standard InChI is InChI=1S/C22H23ClN4O3S/c1-14-6-7-15(12-16(14)23)24-22(30)27-10-8-26(9-11-27)20(28)13-19-21(29)25-17-4-2-3-5-18(17)31-19/h2-7,12,19H,8-11,13H2,1H3,(H,24,30)(H,25,29). The van der Waals surface area contributed by atoms with E-state index < -0.39 is 5.25 Å². The van der Waals surface area contributed by atoms with Crippen LogP contribution in [0.25, 0.3) is 0 Å². The Hall–Kier alpha value is -2.71. The fourth-order valence-electron chi connectivity index (χ4n) is 3.55. The van der Waals surface area contributed by atoms with E-state index in [1.807, 2.05) is 43.3 Å². The van der Waals surface area contributed by atoms with Crippen LogP contribution in [0.5, 0.6) is 0 Å². The van der Waals surface area contributed by atoms with Crippen molar-refractivity contribution in [2.24, 2.45) is 0 Å². The SMILES string of the molecule is Cc1ccc(NC(=O)N2CCN(C(=O)CC3Sc4ccccc4NC3=O)CC2)cc1Cl. The maximum atomic E-state index is 12.8. The van der Waals surface area contributed by atoms with Crippen LogP contribution in [-0.4, -0.2) is 59.1 Å². The zero-order valence-electron chi connectivity index (χ0n) is 17.1. The van der Waals surface area contributed by atoms with Gasteiger partial charge in [-0.3, -0.25) is 9.59 Å². The monoisotopic (exact) mass is 458 g/mol. The van der Waals surface area contributed by atoms with E-state index in [1.54, 1.807) is 15.9 Å². The molecule has 0 bridgehead atoms. The topological polar surface area (TPSA) is 81.8 Å². The first-order valence-electron chi connectivity index (χ1n) is 10.1. The van der Waals surface area contributed by atoms with Gasteiger partial charge in [0, 0.05) is 48.2 Å². The first-order valence-corrected chi connectivity index (χ1v) is 11.3. The number of aryl methyl sites for hydroxylation is 1. The van der Waals surface area contributed by atoms with Gasteiger partial charge in [0.05, 0.1) is 10.9 Å². The third-order valence-corrected chi connectivity index (χ3v) is 7.09. The number of piperazine rings is 1. The average Bonchev–Trinajstić information content (AvgIpc) is 2.77. The first-order chi connectivity index (χ1) is 14.9. The van der Waals surface area contributed by atoms with Gasteiger partial charge >= 0.3 is 6.03 Å². The molecule has 0 radical (unpaired) electrons. The summed E-state index contributed by atoms with van der Waals surface area (Å²) in [5.74, 6) is -0.218. The maximum absolute atomic E-state index is 12.8. The van der Waals surface area contributed by atoms with Gasteiger partial charge < -0.3 is 20.4 Å². The Morgan fingerprint density at radius 3 is 2.58 bits per heavy atom. The molecule has 2 aromatic carbocycles. The number of amides is 4. The van der Waals surface area contributed by atoms with Crippen molar-refractivity contribution in [3.8, 4) is 0 Å². The minimum Gasteiger partial charge on any atom is -0.339 e. The quantitative estimate of drug-likeness (QED) is 0.732. The second-order valence-corrected chi connectivity index (χ2v) is 9.21. The summed E-state index contributed by atoms with van der Waals surface area (Å²) >= 11 is 7.54. The van der Waals surface area contributed by atoms with Gasteiger partial charge in [0.1, 0.15) is 0 Å². The van der Waals surface area contributed by atoms with Crippen molar-refractivity contribution in [3.05, 3.63) is 53.1 Å². The Bertz CT molecular complexity index is 1020. The number of rotatable bonds is 3. The van der Waals surface area contributed by atoms with Gasteiger partial charge in [-0.15, -0.1) is 11.8 Å². The lowest BCUT2D eigenvalue weighted by atomic mass is 10.2. The Balaban J connectivity index is 1.28. The lowest BCUT2D eigenvalue weighted by Crippen LogP contribution is -2.52. The molecule has 4 rings (SSSR count). The third-order valence-electron chi connectivity index (χ3n) is 5.41. The summed E-state index contributed by atoms with van der Waals surface area (Å²) in [4.78, 5) is 42.0. The van der Waals surface area contributed by atoms with Crippen LogP contribution < -0.4 is 10.6 Å². The van der Waals surface area contributed by atoms with Crippen LogP contribution in [0.15, 0.2) is 47.4 Å². The molecule has 9 heteroatoms. The minimum atomic E-state index is -0.449. The molecule has 2 heterocycles. The minimum absolute atomic E-state index is 0.0718. The second kappa shape index (κ2) is 9.20. The van der Waals surface area contributed by atoms with Gasteiger partial charge in [0.25, 0.3) is 0 Å². The largest absolute Gasteiger partial charge is 0.339 e. The Morgan fingerprint density at radius 1 is 1.13 bits per heavy atom. The van der Waals surface area contributed by atoms with Crippen molar-refractivity contribution in [1.82, 2.24) is 9.80 Å². The van der Waals surface area contributed by atoms with E-state index in [4.69, 9.17) is 11.6 Å². The zero-order valence-corrected chi connectivity index (χ0v) is 18.6. The molecule has 7 nitrogen and oxygen atoms in total. The normalized spacial score (nSPS) is 18.3. The molecule has 1 atom stereocenters. The van der Waals surface area contributed by atoms with Crippen LogP contribution in [0, 0.1) is 6.92 Å². The van der Waals surface area contributed by atoms with Crippen molar-refractivity contribution < 1.29 is 14.4 Å². The molecule has 1 saturated heterocycles. The van der Waals surface area contributed by atoms with Crippen molar-refractivity contribution in [2.75, 3.05) is 36.8 Å². The number of benzene rings is 2. The highest BCUT2D eigenvalue weighted by atomic mass is 35.5. The number of urea groups is 1. The predicted molar refractivity (Wildman–Crippen MR) is 123 cm³/mol. The van der Waals surface area contributed by atoms with Crippen LogP contribution in [0.4, 0.5) is 16.2 Å². The lowest BCUT2D eigenvalue weighted by Gasteiger charge is -2.35. The molecule has 0 aliphatic carbocycles. The van der Waals surface area contributed by atoms with E-state index >= 15 is 0 Å². The highest BCUT2D eigenvalue weighted by Crippen LogP contribution is 2.36. The van der Waals surface area contributed by atoms with Gasteiger partial charge in [-0.05, 0) is 36.8 Å². The molecule has 2 aliphatic heterocycles. The molecule has 1 fully saturated rings. The molecule has 0 spiro atoms. The Kier molecular flexibility index (Phi) is 6.38. The number of para-hydroxylation sites is 1. The zero-order chi connectivity index (χ0) is 22.0. The third kappa shape index (κ3) is 4.97. The summed E-state index contributed by atoms with van der Waals surface area (Å²) in [6, 6.07) is 12.7. The maximum Gasteiger partial charge on any atom is 0.321 e. The summed E-state index contributed by atoms with van der Waals surface area (Å²) in [5.41, 5.74) is 2.37. The fraction of sp³-hybridized carbons (Fsp3) is 0.318. The smallest absolute Gasteiger partial charge is 0.321 e. The van der Waals surface area contributed by atoms with E-state index in [0.717, 1.165) is 16.1 Å². The summed E-state index contributed by atoms with van der Waals surface area (Å²) in [5, 5.41) is 5.87. The number of anilines is 2. The van der Waals surface area contributed by atoms with Crippen molar-refractivity contribution in [2.45, 2.75) is 23.5 Å². The molecule has 2 aromatic rings.